The van der Waals surface area contributed by atoms with Crippen LogP contribution in [-0.2, 0) is 6.18 Å². The van der Waals surface area contributed by atoms with E-state index in [1.54, 1.807) is 31.2 Å². The van der Waals surface area contributed by atoms with E-state index in [1.807, 2.05) is 0 Å². The topological polar surface area (TPSA) is 26.0 Å². The van der Waals surface area contributed by atoms with Gasteiger partial charge in [0, 0.05) is 6.04 Å². The Kier molecular flexibility index (Phi) is 3.81. The highest BCUT2D eigenvalue weighted by Gasteiger charge is 2.34. The van der Waals surface area contributed by atoms with Crippen LogP contribution in [0.25, 0.3) is 11.1 Å². The van der Waals surface area contributed by atoms with E-state index < -0.39 is 17.6 Å². The summed E-state index contributed by atoms with van der Waals surface area (Å²) in [4.78, 5) is 0. The number of rotatable bonds is 2. The Labute approximate surface area is 114 Å². The molecule has 2 aromatic rings. The van der Waals surface area contributed by atoms with Gasteiger partial charge in [-0.1, -0.05) is 30.3 Å². The molecule has 5 heteroatoms. The molecule has 0 aliphatic rings. The van der Waals surface area contributed by atoms with Crippen LogP contribution in [0.1, 0.15) is 24.1 Å². The van der Waals surface area contributed by atoms with Crippen molar-refractivity contribution in [1.29, 1.82) is 0 Å². The van der Waals surface area contributed by atoms with Gasteiger partial charge in [0.05, 0.1) is 5.56 Å². The monoisotopic (exact) mass is 283 g/mol. The lowest BCUT2D eigenvalue weighted by Gasteiger charge is -2.14. The third-order valence-electron chi connectivity index (χ3n) is 3.04. The maximum atomic E-state index is 13.6. The van der Waals surface area contributed by atoms with Gasteiger partial charge in [0.1, 0.15) is 5.82 Å². The molecule has 0 heterocycles. The van der Waals surface area contributed by atoms with E-state index in [9.17, 15) is 17.6 Å². The SMILES string of the molecule is CC(N)c1ccccc1-c1ccc(C(F)(F)F)c(F)c1. The largest absolute Gasteiger partial charge is 0.419 e. The van der Waals surface area contributed by atoms with Gasteiger partial charge in [0.15, 0.2) is 0 Å². The van der Waals surface area contributed by atoms with Gasteiger partial charge in [0.25, 0.3) is 0 Å². The molecule has 1 unspecified atom stereocenters. The molecular weight excluding hydrogens is 270 g/mol. The molecule has 2 N–H and O–H groups in total. The summed E-state index contributed by atoms with van der Waals surface area (Å²) in [7, 11) is 0. The van der Waals surface area contributed by atoms with E-state index in [0.717, 1.165) is 17.7 Å². The van der Waals surface area contributed by atoms with Crippen molar-refractivity contribution in [3.63, 3.8) is 0 Å². The average molecular weight is 283 g/mol. The molecule has 0 aliphatic carbocycles. The molecule has 0 radical (unpaired) electrons. The summed E-state index contributed by atoms with van der Waals surface area (Å²) in [6, 6.07) is 9.60. The van der Waals surface area contributed by atoms with Crippen LogP contribution in [0.5, 0.6) is 0 Å². The Balaban J connectivity index is 2.53. The maximum absolute atomic E-state index is 13.6. The molecule has 0 saturated carbocycles. The van der Waals surface area contributed by atoms with Gasteiger partial charge in [-0.3, -0.25) is 0 Å². The number of hydrogen-bond acceptors (Lipinski definition) is 1. The molecule has 0 amide bonds. The molecule has 1 atom stereocenters. The predicted octanol–water partition coefficient (Wildman–Crippen LogP) is 4.53. The highest BCUT2D eigenvalue weighted by molar-refractivity contribution is 5.68. The molecular formula is C15H13F4N. The first kappa shape index (κ1) is 14.5. The third kappa shape index (κ3) is 2.82. The summed E-state index contributed by atoms with van der Waals surface area (Å²) >= 11 is 0. The second-order valence-corrected chi connectivity index (χ2v) is 4.57. The van der Waals surface area contributed by atoms with Crippen molar-refractivity contribution in [2.24, 2.45) is 5.73 Å². The van der Waals surface area contributed by atoms with E-state index in [2.05, 4.69) is 0 Å². The molecule has 0 saturated heterocycles. The van der Waals surface area contributed by atoms with Gasteiger partial charge in [-0.25, -0.2) is 4.39 Å². The van der Waals surface area contributed by atoms with Gasteiger partial charge in [-0.15, -0.1) is 0 Å². The Bertz CT molecular complexity index is 618. The zero-order chi connectivity index (χ0) is 14.9. The lowest BCUT2D eigenvalue weighted by molar-refractivity contribution is -0.139. The lowest BCUT2D eigenvalue weighted by atomic mass is 9.95. The van der Waals surface area contributed by atoms with Gasteiger partial charge in [-0.05, 0) is 35.7 Å². The summed E-state index contributed by atoms with van der Waals surface area (Å²) < 4.78 is 51.2. The van der Waals surface area contributed by atoms with Gasteiger partial charge in [0.2, 0.25) is 0 Å². The van der Waals surface area contributed by atoms with E-state index >= 15 is 0 Å². The summed E-state index contributed by atoms with van der Waals surface area (Å²) in [5.74, 6) is -1.28. The Morgan fingerprint density at radius 2 is 1.70 bits per heavy atom. The first-order chi connectivity index (χ1) is 9.30. The third-order valence-corrected chi connectivity index (χ3v) is 3.04. The predicted molar refractivity (Wildman–Crippen MR) is 69.4 cm³/mol. The van der Waals surface area contributed by atoms with Crippen molar-refractivity contribution >= 4 is 0 Å². The fourth-order valence-corrected chi connectivity index (χ4v) is 2.07. The highest BCUT2D eigenvalue weighted by atomic mass is 19.4. The van der Waals surface area contributed by atoms with Crippen molar-refractivity contribution in [2.45, 2.75) is 19.1 Å². The fraction of sp³-hybridized carbons (Fsp3) is 0.200. The molecule has 2 aromatic carbocycles. The molecule has 2 rings (SSSR count). The van der Waals surface area contributed by atoms with Crippen molar-refractivity contribution in [1.82, 2.24) is 0 Å². The minimum Gasteiger partial charge on any atom is -0.324 e. The Hall–Kier alpha value is -1.88. The average Bonchev–Trinajstić information content (AvgIpc) is 2.37. The van der Waals surface area contributed by atoms with Crippen LogP contribution in [0.4, 0.5) is 17.6 Å². The number of nitrogens with two attached hydrogens (primary N) is 1. The Morgan fingerprint density at radius 3 is 2.25 bits per heavy atom. The number of hydrogen-bond donors (Lipinski definition) is 1. The van der Waals surface area contributed by atoms with Crippen molar-refractivity contribution in [3.05, 3.63) is 59.4 Å². The van der Waals surface area contributed by atoms with Gasteiger partial charge >= 0.3 is 6.18 Å². The van der Waals surface area contributed by atoms with E-state index in [-0.39, 0.29) is 6.04 Å². The minimum absolute atomic E-state index is 0.295. The standard InChI is InChI=1S/C15H13F4N/c1-9(20)11-4-2-3-5-12(11)10-6-7-13(14(16)8-10)15(17,18)19/h2-9H,20H2,1H3. The highest BCUT2D eigenvalue weighted by Crippen LogP contribution is 2.34. The summed E-state index contributed by atoms with van der Waals surface area (Å²) in [6.45, 7) is 1.76. The zero-order valence-electron chi connectivity index (χ0n) is 10.7. The maximum Gasteiger partial charge on any atom is 0.419 e. The first-order valence-corrected chi connectivity index (χ1v) is 6.02. The number of halogens is 4. The van der Waals surface area contributed by atoms with Crippen LogP contribution in [0.15, 0.2) is 42.5 Å². The van der Waals surface area contributed by atoms with Gasteiger partial charge in [-0.2, -0.15) is 13.2 Å². The number of alkyl halides is 3. The van der Waals surface area contributed by atoms with Crippen molar-refractivity contribution in [3.8, 4) is 11.1 Å². The summed E-state index contributed by atoms with van der Waals surface area (Å²) in [5.41, 5.74) is 6.32. The second kappa shape index (κ2) is 5.25. The summed E-state index contributed by atoms with van der Waals surface area (Å²) in [6.07, 6.45) is -4.69. The molecule has 0 bridgehead atoms. The van der Waals surface area contributed by atoms with Crippen LogP contribution in [0, 0.1) is 5.82 Å². The first-order valence-electron chi connectivity index (χ1n) is 6.02. The van der Waals surface area contributed by atoms with Crippen LogP contribution in [0.3, 0.4) is 0 Å². The number of benzene rings is 2. The minimum atomic E-state index is -4.69. The molecule has 106 valence electrons. The molecule has 20 heavy (non-hydrogen) atoms. The molecule has 0 spiro atoms. The smallest absolute Gasteiger partial charge is 0.324 e. The van der Waals surface area contributed by atoms with E-state index in [1.165, 1.54) is 6.07 Å². The normalized spacial score (nSPS) is 13.3. The van der Waals surface area contributed by atoms with Crippen LogP contribution in [0.2, 0.25) is 0 Å². The van der Waals surface area contributed by atoms with E-state index in [4.69, 9.17) is 5.73 Å². The molecule has 1 nitrogen and oxygen atoms in total. The Morgan fingerprint density at radius 1 is 1.05 bits per heavy atom. The molecule has 0 aromatic heterocycles. The molecule has 0 fully saturated rings. The van der Waals surface area contributed by atoms with Gasteiger partial charge < -0.3 is 5.73 Å². The second-order valence-electron chi connectivity index (χ2n) is 4.57. The lowest BCUT2D eigenvalue weighted by Crippen LogP contribution is -2.09. The van der Waals surface area contributed by atoms with E-state index in [0.29, 0.717) is 11.1 Å². The van der Waals surface area contributed by atoms with Crippen LogP contribution >= 0.6 is 0 Å². The van der Waals surface area contributed by atoms with Crippen molar-refractivity contribution in [2.75, 3.05) is 0 Å². The van der Waals surface area contributed by atoms with Crippen molar-refractivity contribution < 1.29 is 17.6 Å². The quantitative estimate of drug-likeness (QED) is 0.805. The molecule has 0 aliphatic heterocycles. The van der Waals surface area contributed by atoms with Crippen LogP contribution in [-0.4, -0.2) is 0 Å². The zero-order valence-corrected chi connectivity index (χ0v) is 10.7. The fourth-order valence-electron chi connectivity index (χ4n) is 2.07. The van der Waals surface area contributed by atoms with Crippen LogP contribution < -0.4 is 5.73 Å². The summed E-state index contributed by atoms with van der Waals surface area (Å²) in [5, 5.41) is 0.